The number of methoxy groups -OCH3 is 2. The molecule has 1 aliphatic rings. The normalized spacial score (nSPS) is 14.3. The Morgan fingerprint density at radius 3 is 2.67 bits per heavy atom. The Hall–Kier alpha value is -2.41. The van der Waals surface area contributed by atoms with Gasteiger partial charge in [-0.2, -0.15) is 5.10 Å². The summed E-state index contributed by atoms with van der Waals surface area (Å²) in [6.45, 7) is 1.04. The van der Waals surface area contributed by atoms with Crippen molar-refractivity contribution in [1.82, 2.24) is 10.3 Å². The molecule has 0 spiro atoms. The summed E-state index contributed by atoms with van der Waals surface area (Å²) in [5, 5.41) is 8.35. The first-order valence-corrected chi connectivity index (χ1v) is 7.92. The van der Waals surface area contributed by atoms with Gasteiger partial charge in [0.1, 0.15) is 12.3 Å². The molecule has 2 amide bonds. The highest BCUT2D eigenvalue weighted by Crippen LogP contribution is 2.18. The van der Waals surface area contributed by atoms with Crippen LogP contribution >= 0.6 is 0 Å². The Bertz CT molecular complexity index is 598. The van der Waals surface area contributed by atoms with Crippen molar-refractivity contribution in [2.24, 2.45) is 5.10 Å². The number of amides is 2. The molecule has 0 atom stereocenters. The fraction of sp³-hybridized carbons (Fsp3) is 0.471. The van der Waals surface area contributed by atoms with Crippen LogP contribution in [-0.2, 0) is 14.3 Å². The van der Waals surface area contributed by atoms with E-state index in [0.29, 0.717) is 26.0 Å². The molecular formula is C17H23N3O4. The number of carbonyl (C=O) groups is 2. The molecule has 0 saturated heterocycles. The van der Waals surface area contributed by atoms with E-state index >= 15 is 0 Å². The third kappa shape index (κ3) is 5.06. The molecule has 0 aliphatic carbocycles. The number of carbonyl (C=O) groups excluding carboxylic acids is 2. The summed E-state index contributed by atoms with van der Waals surface area (Å²) in [7, 11) is 3.22. The van der Waals surface area contributed by atoms with Gasteiger partial charge in [0.25, 0.3) is 0 Å². The number of hydrogen-bond donors (Lipinski definition) is 1. The average Bonchev–Trinajstić information content (AvgIpc) is 2.61. The molecule has 1 N–H and O–H groups in total. The van der Waals surface area contributed by atoms with Gasteiger partial charge in [-0.1, -0.05) is 0 Å². The standard InChI is InChI=1S/C17H23N3O4/c1-23-11-3-10-18-16(21)12-20-17(22)9-8-15(19-20)13-4-6-14(24-2)7-5-13/h4-7H,3,8-12H2,1-2H3,(H,18,21). The first-order valence-electron chi connectivity index (χ1n) is 7.92. The molecule has 130 valence electrons. The summed E-state index contributed by atoms with van der Waals surface area (Å²) in [5.74, 6) is 0.400. The molecular weight excluding hydrogens is 310 g/mol. The van der Waals surface area contributed by atoms with Gasteiger partial charge in [-0.25, -0.2) is 5.01 Å². The zero-order valence-corrected chi connectivity index (χ0v) is 14.1. The van der Waals surface area contributed by atoms with E-state index in [1.807, 2.05) is 24.3 Å². The molecule has 1 aliphatic heterocycles. The Balaban J connectivity index is 1.97. The van der Waals surface area contributed by atoms with Gasteiger partial charge in [0.15, 0.2) is 0 Å². The van der Waals surface area contributed by atoms with Crippen molar-refractivity contribution in [3.63, 3.8) is 0 Å². The van der Waals surface area contributed by atoms with E-state index in [-0.39, 0.29) is 18.4 Å². The minimum atomic E-state index is -0.223. The molecule has 2 rings (SSSR count). The van der Waals surface area contributed by atoms with E-state index in [1.54, 1.807) is 14.2 Å². The maximum atomic E-state index is 12.0. The van der Waals surface area contributed by atoms with Crippen molar-refractivity contribution in [2.75, 3.05) is 33.9 Å². The van der Waals surface area contributed by atoms with E-state index < -0.39 is 0 Å². The summed E-state index contributed by atoms with van der Waals surface area (Å²) < 4.78 is 10.1. The zero-order chi connectivity index (χ0) is 17.4. The van der Waals surface area contributed by atoms with Gasteiger partial charge in [-0.3, -0.25) is 9.59 Å². The van der Waals surface area contributed by atoms with Crippen LogP contribution in [0.2, 0.25) is 0 Å². The van der Waals surface area contributed by atoms with Gasteiger partial charge >= 0.3 is 0 Å². The Morgan fingerprint density at radius 1 is 1.25 bits per heavy atom. The number of ether oxygens (including phenoxy) is 2. The quantitative estimate of drug-likeness (QED) is 0.724. The Kier molecular flexibility index (Phi) is 6.74. The predicted octanol–water partition coefficient (Wildman–Crippen LogP) is 1.17. The second-order valence-corrected chi connectivity index (χ2v) is 5.42. The summed E-state index contributed by atoms with van der Waals surface area (Å²) in [6, 6.07) is 7.50. The summed E-state index contributed by atoms with van der Waals surface area (Å²) >= 11 is 0. The third-order valence-electron chi connectivity index (χ3n) is 3.67. The highest BCUT2D eigenvalue weighted by Gasteiger charge is 2.23. The minimum absolute atomic E-state index is 0.0640. The smallest absolute Gasteiger partial charge is 0.243 e. The van der Waals surface area contributed by atoms with Crippen LogP contribution in [0.3, 0.4) is 0 Å². The number of rotatable bonds is 8. The van der Waals surface area contributed by atoms with Crippen LogP contribution in [0.4, 0.5) is 0 Å². The van der Waals surface area contributed by atoms with Crippen LogP contribution in [0.5, 0.6) is 5.75 Å². The van der Waals surface area contributed by atoms with E-state index in [0.717, 1.165) is 23.4 Å². The molecule has 0 saturated carbocycles. The fourth-order valence-corrected chi connectivity index (χ4v) is 2.35. The van der Waals surface area contributed by atoms with Gasteiger partial charge in [0.2, 0.25) is 11.8 Å². The molecule has 0 fully saturated rings. The SMILES string of the molecule is COCCCNC(=O)CN1N=C(c2ccc(OC)cc2)CCC1=O. The lowest BCUT2D eigenvalue weighted by Crippen LogP contribution is -2.40. The first-order chi connectivity index (χ1) is 11.6. The molecule has 24 heavy (non-hydrogen) atoms. The summed E-state index contributed by atoms with van der Waals surface area (Å²) in [5.41, 5.74) is 1.72. The van der Waals surface area contributed by atoms with Crippen LogP contribution in [0.1, 0.15) is 24.8 Å². The molecule has 0 aromatic heterocycles. The average molecular weight is 333 g/mol. The number of nitrogens with one attached hydrogen (secondary N) is 1. The van der Waals surface area contributed by atoms with Crippen molar-refractivity contribution in [3.05, 3.63) is 29.8 Å². The molecule has 0 radical (unpaired) electrons. The van der Waals surface area contributed by atoms with Gasteiger partial charge in [0.05, 0.1) is 12.8 Å². The highest BCUT2D eigenvalue weighted by molar-refractivity contribution is 6.04. The fourth-order valence-electron chi connectivity index (χ4n) is 2.35. The monoisotopic (exact) mass is 333 g/mol. The van der Waals surface area contributed by atoms with E-state index in [4.69, 9.17) is 9.47 Å². The van der Waals surface area contributed by atoms with Crippen LogP contribution in [-0.4, -0.2) is 56.5 Å². The van der Waals surface area contributed by atoms with Crippen LogP contribution in [0, 0.1) is 0 Å². The Morgan fingerprint density at radius 2 is 2.00 bits per heavy atom. The van der Waals surface area contributed by atoms with Gasteiger partial charge in [0, 0.05) is 33.1 Å². The molecule has 0 bridgehead atoms. The molecule has 7 nitrogen and oxygen atoms in total. The van der Waals surface area contributed by atoms with Gasteiger partial charge in [-0.15, -0.1) is 0 Å². The second kappa shape index (κ2) is 9.02. The summed E-state index contributed by atoms with van der Waals surface area (Å²) in [6.07, 6.45) is 1.65. The lowest BCUT2D eigenvalue weighted by Gasteiger charge is -2.23. The molecule has 1 aromatic carbocycles. The maximum Gasteiger partial charge on any atom is 0.243 e. The molecule has 7 heteroatoms. The third-order valence-corrected chi connectivity index (χ3v) is 3.67. The maximum absolute atomic E-state index is 12.0. The summed E-state index contributed by atoms with van der Waals surface area (Å²) in [4.78, 5) is 23.9. The van der Waals surface area contributed by atoms with Crippen molar-refractivity contribution in [3.8, 4) is 5.75 Å². The molecule has 0 unspecified atom stereocenters. The molecule has 1 heterocycles. The second-order valence-electron chi connectivity index (χ2n) is 5.42. The van der Waals surface area contributed by atoms with E-state index in [1.165, 1.54) is 5.01 Å². The number of hydrogen-bond acceptors (Lipinski definition) is 5. The first kappa shape index (κ1) is 17.9. The van der Waals surface area contributed by atoms with Crippen LogP contribution in [0.15, 0.2) is 29.4 Å². The van der Waals surface area contributed by atoms with E-state index in [2.05, 4.69) is 10.4 Å². The van der Waals surface area contributed by atoms with Crippen LogP contribution < -0.4 is 10.1 Å². The van der Waals surface area contributed by atoms with E-state index in [9.17, 15) is 9.59 Å². The number of nitrogens with zero attached hydrogens (tertiary/aromatic N) is 2. The minimum Gasteiger partial charge on any atom is -0.497 e. The zero-order valence-electron chi connectivity index (χ0n) is 14.1. The topological polar surface area (TPSA) is 80.2 Å². The van der Waals surface area contributed by atoms with Crippen molar-refractivity contribution in [1.29, 1.82) is 0 Å². The van der Waals surface area contributed by atoms with Crippen molar-refractivity contribution >= 4 is 17.5 Å². The van der Waals surface area contributed by atoms with Crippen molar-refractivity contribution < 1.29 is 19.1 Å². The largest absolute Gasteiger partial charge is 0.497 e. The van der Waals surface area contributed by atoms with Crippen LogP contribution in [0.25, 0.3) is 0 Å². The van der Waals surface area contributed by atoms with Gasteiger partial charge < -0.3 is 14.8 Å². The predicted molar refractivity (Wildman–Crippen MR) is 90.0 cm³/mol. The lowest BCUT2D eigenvalue weighted by molar-refractivity contribution is -0.136. The lowest BCUT2D eigenvalue weighted by atomic mass is 10.0. The number of benzene rings is 1. The van der Waals surface area contributed by atoms with Gasteiger partial charge in [-0.05, 0) is 36.2 Å². The molecule has 1 aromatic rings. The highest BCUT2D eigenvalue weighted by atomic mass is 16.5. The Labute approximate surface area is 141 Å². The van der Waals surface area contributed by atoms with Crippen molar-refractivity contribution in [2.45, 2.75) is 19.3 Å². The number of hydrazone groups is 1.